The number of carbonyl (C=O) groups is 5. The first-order chi connectivity index (χ1) is 23.0. The number of ether oxygens (including phenoxy) is 1. The van der Waals surface area contributed by atoms with Crippen molar-refractivity contribution in [2.45, 2.75) is 95.5 Å². The molecular weight excluding hydrogens is 616 g/mol. The van der Waals surface area contributed by atoms with Crippen LogP contribution in [0.5, 0.6) is 5.75 Å². The van der Waals surface area contributed by atoms with Crippen LogP contribution in [0.4, 0.5) is 0 Å². The summed E-state index contributed by atoms with van der Waals surface area (Å²) in [5.74, 6) is -1.80. The third-order valence-corrected chi connectivity index (χ3v) is 8.41. The Bertz CT molecular complexity index is 1570. The fourth-order valence-electron chi connectivity index (χ4n) is 5.99. The van der Waals surface area contributed by atoms with Crippen molar-refractivity contribution in [3.63, 3.8) is 0 Å². The fraction of sp³-hybridized carbons (Fsp3) is 0.457. The van der Waals surface area contributed by atoms with Gasteiger partial charge in [-0.15, -0.1) is 0 Å². The molecule has 13 heteroatoms. The minimum Gasteiger partial charge on any atom is -0.508 e. The molecular formula is C35H46N6O7. The molecule has 2 aromatic carbocycles. The second kappa shape index (κ2) is 17.3. The van der Waals surface area contributed by atoms with Gasteiger partial charge in [-0.3, -0.25) is 24.0 Å². The molecule has 258 valence electrons. The van der Waals surface area contributed by atoms with E-state index >= 15 is 0 Å². The number of para-hydroxylation sites is 1. The number of rotatable bonds is 17. The first-order valence-electron chi connectivity index (χ1n) is 16.4. The Morgan fingerprint density at radius 2 is 1.69 bits per heavy atom. The van der Waals surface area contributed by atoms with E-state index in [1.54, 1.807) is 25.3 Å². The lowest BCUT2D eigenvalue weighted by Gasteiger charge is -2.25. The molecule has 8 N–H and O–H groups in total. The zero-order valence-electron chi connectivity index (χ0n) is 27.4. The van der Waals surface area contributed by atoms with Crippen molar-refractivity contribution >= 4 is 40.5 Å². The highest BCUT2D eigenvalue weighted by Gasteiger charge is 2.33. The Kier molecular flexibility index (Phi) is 13.0. The van der Waals surface area contributed by atoms with Crippen LogP contribution in [0.1, 0.15) is 63.5 Å². The number of fused-ring (bicyclic) bond motifs is 1. The summed E-state index contributed by atoms with van der Waals surface area (Å²) >= 11 is 0. The highest BCUT2D eigenvalue weighted by molar-refractivity contribution is 5.90. The molecule has 0 saturated carbocycles. The zero-order valence-corrected chi connectivity index (χ0v) is 27.4. The quantitative estimate of drug-likeness (QED) is 0.0837. The number of phenols is 1. The highest BCUT2D eigenvalue weighted by Crippen LogP contribution is 2.20. The van der Waals surface area contributed by atoms with E-state index in [4.69, 9.17) is 10.5 Å². The maximum atomic E-state index is 13.9. The third kappa shape index (κ3) is 10.8. The zero-order chi connectivity index (χ0) is 34.6. The molecule has 0 aliphatic carbocycles. The predicted molar refractivity (Wildman–Crippen MR) is 180 cm³/mol. The normalized spacial score (nSPS) is 17.6. The van der Waals surface area contributed by atoms with E-state index in [-0.39, 0.29) is 49.2 Å². The first kappa shape index (κ1) is 35.9. The summed E-state index contributed by atoms with van der Waals surface area (Å²) in [6.07, 6.45) is 3.69. The molecule has 0 spiro atoms. The smallest absolute Gasteiger partial charge is 0.308 e. The Hall–Kier alpha value is -4.91. The number of carbonyl (C=O) groups excluding carboxylic acids is 5. The number of hydrogen-bond donors (Lipinski definition) is 7. The second-order valence-electron chi connectivity index (χ2n) is 12.4. The van der Waals surface area contributed by atoms with E-state index in [0.29, 0.717) is 32.2 Å². The molecule has 1 fully saturated rings. The third-order valence-electron chi connectivity index (χ3n) is 8.41. The van der Waals surface area contributed by atoms with Gasteiger partial charge < -0.3 is 41.8 Å². The van der Waals surface area contributed by atoms with Gasteiger partial charge >= 0.3 is 5.97 Å². The van der Waals surface area contributed by atoms with Crippen LogP contribution in [0.25, 0.3) is 10.9 Å². The lowest BCUT2D eigenvalue weighted by Crippen LogP contribution is -2.52. The maximum absolute atomic E-state index is 13.9. The molecule has 0 bridgehead atoms. The number of phenolic OH excluding ortho intramolecular Hbond substituents is 1. The molecule has 4 rings (SSSR count). The summed E-state index contributed by atoms with van der Waals surface area (Å²) in [5, 5.41) is 22.1. The van der Waals surface area contributed by atoms with Gasteiger partial charge in [0.05, 0.1) is 12.5 Å². The Labute approximate surface area is 279 Å². The van der Waals surface area contributed by atoms with Gasteiger partial charge in [0.15, 0.2) is 0 Å². The number of hydrogen-bond acceptors (Lipinski definition) is 8. The topological polar surface area (TPSA) is 205 Å². The van der Waals surface area contributed by atoms with E-state index < -0.39 is 42.1 Å². The number of aromatic hydroxyl groups is 1. The number of nitrogens with one attached hydrogen (secondary N) is 5. The van der Waals surface area contributed by atoms with Crippen molar-refractivity contribution < 1.29 is 33.8 Å². The molecule has 4 amide bonds. The molecule has 1 aliphatic rings. The van der Waals surface area contributed by atoms with Crippen molar-refractivity contribution in [3.05, 3.63) is 65.9 Å². The van der Waals surface area contributed by atoms with Gasteiger partial charge in [-0.1, -0.05) is 36.8 Å². The number of H-pyrrole nitrogens is 1. The SMILES string of the molecule is CC(=O)N[C@H](CC(=O)N[C@H](Cc1c[nH]c2ccccc12)C(=O)N[C@@H](CCCCN)CC(=O)N[C@@H]1CC(=O)O[C@@H]1C)Cc1ccc(O)cc1. The molecule has 2 heterocycles. The Balaban J connectivity index is 1.50. The molecule has 13 nitrogen and oxygen atoms in total. The van der Waals surface area contributed by atoms with Gasteiger partial charge in [0, 0.05) is 55.4 Å². The van der Waals surface area contributed by atoms with Crippen LogP contribution < -0.4 is 27.0 Å². The lowest BCUT2D eigenvalue weighted by atomic mass is 10.00. The number of cyclic esters (lactones) is 1. The number of aromatic amines is 1. The highest BCUT2D eigenvalue weighted by atomic mass is 16.6. The van der Waals surface area contributed by atoms with Crippen LogP contribution in [0.2, 0.25) is 0 Å². The average molecular weight is 663 g/mol. The number of benzene rings is 2. The number of esters is 1. The van der Waals surface area contributed by atoms with E-state index in [9.17, 15) is 29.1 Å². The van der Waals surface area contributed by atoms with Crippen molar-refractivity contribution in [1.82, 2.24) is 26.3 Å². The van der Waals surface area contributed by atoms with E-state index in [1.165, 1.54) is 19.1 Å². The van der Waals surface area contributed by atoms with Crippen LogP contribution in [-0.4, -0.2) is 76.5 Å². The van der Waals surface area contributed by atoms with Crippen molar-refractivity contribution in [2.75, 3.05) is 6.54 Å². The molecule has 0 unspecified atom stereocenters. The van der Waals surface area contributed by atoms with Gasteiger partial charge in [-0.05, 0) is 62.1 Å². The molecule has 48 heavy (non-hydrogen) atoms. The second-order valence-corrected chi connectivity index (χ2v) is 12.4. The van der Waals surface area contributed by atoms with Gasteiger partial charge in [-0.2, -0.15) is 0 Å². The van der Waals surface area contributed by atoms with Crippen LogP contribution in [-0.2, 0) is 41.6 Å². The monoisotopic (exact) mass is 662 g/mol. The maximum Gasteiger partial charge on any atom is 0.308 e. The van der Waals surface area contributed by atoms with E-state index in [0.717, 1.165) is 22.0 Å². The van der Waals surface area contributed by atoms with Gasteiger partial charge in [0.2, 0.25) is 23.6 Å². The summed E-state index contributed by atoms with van der Waals surface area (Å²) in [6, 6.07) is 11.6. The summed E-state index contributed by atoms with van der Waals surface area (Å²) < 4.78 is 5.15. The number of unbranched alkanes of at least 4 members (excludes halogenated alkanes) is 1. The summed E-state index contributed by atoms with van der Waals surface area (Å²) in [5.41, 5.74) is 8.23. The number of aromatic nitrogens is 1. The molecule has 5 atom stereocenters. The van der Waals surface area contributed by atoms with E-state index in [2.05, 4.69) is 26.3 Å². The lowest BCUT2D eigenvalue weighted by molar-refractivity contribution is -0.141. The average Bonchev–Trinajstić information content (AvgIpc) is 3.58. The molecule has 1 saturated heterocycles. The standard InChI is InChI=1S/C35H46N6O7/c1-21-30(19-34(46)48-21)40-32(44)17-25(7-5-6-14-36)39-35(47)31(16-24-20-37-29-9-4-3-8-28(24)29)41-33(45)18-26(38-22(2)42)15-23-10-12-27(43)13-11-23/h3-4,8-13,20-21,25-26,30-31,37,43H,5-7,14-19,36H2,1-2H3,(H,38,42)(H,39,47)(H,40,44)(H,41,45)/t21-,25+,26+,30-,31-/m1/s1. The number of amides is 4. The molecule has 1 aliphatic heterocycles. The van der Waals surface area contributed by atoms with Gasteiger partial charge in [0.25, 0.3) is 0 Å². The number of nitrogens with two attached hydrogens (primary N) is 1. The Morgan fingerprint density at radius 3 is 2.38 bits per heavy atom. The summed E-state index contributed by atoms with van der Waals surface area (Å²) in [6.45, 7) is 3.55. The minimum atomic E-state index is -0.996. The summed E-state index contributed by atoms with van der Waals surface area (Å²) in [7, 11) is 0. The van der Waals surface area contributed by atoms with Crippen molar-refractivity contribution in [1.29, 1.82) is 0 Å². The summed E-state index contributed by atoms with van der Waals surface area (Å²) in [4.78, 5) is 67.3. The molecule has 0 radical (unpaired) electrons. The molecule has 3 aromatic rings. The minimum absolute atomic E-state index is 0.0291. The van der Waals surface area contributed by atoms with Gasteiger partial charge in [-0.25, -0.2) is 0 Å². The Morgan fingerprint density at radius 1 is 0.958 bits per heavy atom. The largest absolute Gasteiger partial charge is 0.508 e. The van der Waals surface area contributed by atoms with Crippen LogP contribution >= 0.6 is 0 Å². The van der Waals surface area contributed by atoms with Gasteiger partial charge in [0.1, 0.15) is 17.9 Å². The van der Waals surface area contributed by atoms with Crippen LogP contribution in [0.15, 0.2) is 54.7 Å². The fourth-order valence-corrected chi connectivity index (χ4v) is 5.99. The first-order valence-corrected chi connectivity index (χ1v) is 16.4. The van der Waals surface area contributed by atoms with Crippen molar-refractivity contribution in [2.24, 2.45) is 5.73 Å². The van der Waals surface area contributed by atoms with Crippen molar-refractivity contribution in [3.8, 4) is 5.75 Å². The predicted octanol–water partition coefficient (Wildman–Crippen LogP) is 1.86. The van der Waals surface area contributed by atoms with Crippen LogP contribution in [0, 0.1) is 0 Å². The molecule has 1 aromatic heterocycles. The van der Waals surface area contributed by atoms with Crippen LogP contribution in [0.3, 0.4) is 0 Å². The van der Waals surface area contributed by atoms with E-state index in [1.807, 2.05) is 24.3 Å².